The molecule has 0 bridgehead atoms. The van der Waals surface area contributed by atoms with Gasteiger partial charge in [0.05, 0.1) is 21.3 Å². The Morgan fingerprint density at radius 1 is 1.38 bits per heavy atom. The minimum Gasteiger partial charge on any atom is -0.289 e. The predicted molar refractivity (Wildman–Crippen MR) is 103 cm³/mol. The van der Waals surface area contributed by atoms with Gasteiger partial charge in [-0.05, 0) is 36.8 Å². The Kier molecular flexibility index (Phi) is 6.72. The van der Waals surface area contributed by atoms with Crippen molar-refractivity contribution >= 4 is 62.5 Å². The van der Waals surface area contributed by atoms with Crippen molar-refractivity contribution in [1.82, 2.24) is 0 Å². The van der Waals surface area contributed by atoms with Crippen molar-refractivity contribution in [2.75, 3.05) is 6.54 Å². The maximum absolute atomic E-state index is 12.5. The van der Waals surface area contributed by atoms with Crippen LogP contribution in [0, 0.1) is 0 Å². The van der Waals surface area contributed by atoms with Crippen molar-refractivity contribution in [2.45, 2.75) is 13.3 Å². The van der Waals surface area contributed by atoms with Crippen molar-refractivity contribution in [2.24, 2.45) is 4.99 Å². The van der Waals surface area contributed by atoms with Gasteiger partial charge in [0.25, 0.3) is 0 Å². The number of hydrogen-bond donors (Lipinski definition) is 0. The molecule has 0 fully saturated rings. The Morgan fingerprint density at radius 2 is 2.12 bits per heavy atom. The van der Waals surface area contributed by atoms with E-state index in [1.54, 1.807) is 24.3 Å². The highest BCUT2D eigenvalue weighted by atomic mass is 79.9. The lowest BCUT2D eigenvalue weighted by Gasteiger charge is -2.03. The van der Waals surface area contributed by atoms with Crippen LogP contribution in [0.15, 0.2) is 51.5 Å². The van der Waals surface area contributed by atoms with E-state index in [1.807, 2.05) is 13.0 Å². The molecule has 0 saturated heterocycles. The number of nitrogens with zero attached hydrogens (tertiary/aromatic N) is 1. The van der Waals surface area contributed by atoms with Gasteiger partial charge < -0.3 is 0 Å². The van der Waals surface area contributed by atoms with E-state index < -0.39 is 5.78 Å². The summed E-state index contributed by atoms with van der Waals surface area (Å²) in [4.78, 5) is 29.2. The summed E-state index contributed by atoms with van der Waals surface area (Å²) < 4.78 is 0.676. The molecule has 1 aromatic rings. The Labute approximate surface area is 158 Å². The fourth-order valence-corrected chi connectivity index (χ4v) is 2.88. The third-order valence-electron chi connectivity index (χ3n) is 3.29. The lowest BCUT2D eigenvalue weighted by Crippen LogP contribution is -2.20. The van der Waals surface area contributed by atoms with Crippen LogP contribution >= 0.6 is 39.1 Å². The molecule has 0 aromatic heterocycles. The first-order valence-electron chi connectivity index (χ1n) is 7.25. The molecule has 124 valence electrons. The van der Waals surface area contributed by atoms with Crippen LogP contribution < -0.4 is 0 Å². The Hall–Kier alpha value is -1.49. The standard InChI is InChI=1S/C18H14BrCl2NO2/c1-2-22-15-8-7-12(19)10-13(18(15)24)16(23)9-6-11-4-3-5-14(20)17(11)21/h3-7,9-10H,2,8H2,1H3/b9-6+,22-15?. The maximum Gasteiger partial charge on any atom is 0.211 e. The average Bonchev–Trinajstić information content (AvgIpc) is 2.69. The fraction of sp³-hybridized carbons (Fsp3) is 0.167. The largest absolute Gasteiger partial charge is 0.289 e. The SMILES string of the molecule is CCN=C1CC=C(Br)C=C(C(=O)/C=C/c2cccc(Cl)c2Cl)C1=O. The van der Waals surface area contributed by atoms with Crippen LogP contribution in [-0.4, -0.2) is 23.8 Å². The molecule has 0 aliphatic heterocycles. The topological polar surface area (TPSA) is 46.5 Å². The van der Waals surface area contributed by atoms with E-state index in [0.717, 1.165) is 0 Å². The summed E-state index contributed by atoms with van der Waals surface area (Å²) in [6.07, 6.45) is 6.58. The smallest absolute Gasteiger partial charge is 0.211 e. The maximum atomic E-state index is 12.5. The first-order valence-corrected chi connectivity index (χ1v) is 8.80. The van der Waals surface area contributed by atoms with E-state index in [4.69, 9.17) is 23.2 Å². The van der Waals surface area contributed by atoms with Crippen molar-refractivity contribution in [1.29, 1.82) is 0 Å². The molecule has 1 aliphatic rings. The number of halogens is 3. The molecule has 0 atom stereocenters. The van der Waals surface area contributed by atoms with E-state index in [-0.39, 0.29) is 11.4 Å². The predicted octanol–water partition coefficient (Wildman–Crippen LogP) is 5.21. The van der Waals surface area contributed by atoms with Gasteiger partial charge in [0.2, 0.25) is 5.78 Å². The third-order valence-corrected chi connectivity index (χ3v) is 4.68. The van der Waals surface area contributed by atoms with Gasteiger partial charge in [-0.1, -0.05) is 57.3 Å². The lowest BCUT2D eigenvalue weighted by molar-refractivity contribution is -0.116. The fourth-order valence-electron chi connectivity index (χ4n) is 2.12. The van der Waals surface area contributed by atoms with E-state index >= 15 is 0 Å². The highest BCUT2D eigenvalue weighted by Gasteiger charge is 2.23. The van der Waals surface area contributed by atoms with Gasteiger partial charge in [0.1, 0.15) is 0 Å². The molecule has 0 heterocycles. The van der Waals surface area contributed by atoms with Gasteiger partial charge in [-0.3, -0.25) is 14.6 Å². The van der Waals surface area contributed by atoms with E-state index in [1.165, 1.54) is 12.2 Å². The quantitative estimate of drug-likeness (QED) is 0.489. The number of benzene rings is 1. The van der Waals surface area contributed by atoms with E-state index in [0.29, 0.717) is 38.8 Å². The summed E-state index contributed by atoms with van der Waals surface area (Å²) in [7, 11) is 0. The second kappa shape index (κ2) is 8.56. The van der Waals surface area contributed by atoms with Gasteiger partial charge in [-0.25, -0.2) is 0 Å². The Morgan fingerprint density at radius 3 is 2.83 bits per heavy atom. The second-order valence-corrected chi connectivity index (χ2v) is 6.64. The molecule has 24 heavy (non-hydrogen) atoms. The van der Waals surface area contributed by atoms with Gasteiger partial charge in [0, 0.05) is 17.4 Å². The minimum absolute atomic E-state index is 0.0669. The minimum atomic E-state index is -0.410. The monoisotopic (exact) mass is 425 g/mol. The van der Waals surface area contributed by atoms with Crippen molar-refractivity contribution in [3.63, 3.8) is 0 Å². The summed E-state index contributed by atoms with van der Waals surface area (Å²) in [5, 5.41) is 0.762. The summed E-state index contributed by atoms with van der Waals surface area (Å²) in [5.74, 6) is -0.763. The first-order chi connectivity index (χ1) is 11.4. The van der Waals surface area contributed by atoms with Crippen molar-refractivity contribution in [3.8, 4) is 0 Å². The summed E-state index contributed by atoms with van der Waals surface area (Å²) in [5.41, 5.74) is 1.05. The molecule has 1 aromatic carbocycles. The molecule has 0 radical (unpaired) electrons. The van der Waals surface area contributed by atoms with E-state index in [2.05, 4.69) is 20.9 Å². The van der Waals surface area contributed by atoms with Crippen LogP contribution in [0.3, 0.4) is 0 Å². The highest BCUT2D eigenvalue weighted by Crippen LogP contribution is 2.26. The Bertz CT molecular complexity index is 807. The molecule has 1 aliphatic carbocycles. The summed E-state index contributed by atoms with van der Waals surface area (Å²) >= 11 is 15.4. The zero-order valence-corrected chi connectivity index (χ0v) is 16.0. The molecule has 2 rings (SSSR count). The summed E-state index contributed by atoms with van der Waals surface area (Å²) in [6.45, 7) is 2.33. The molecular formula is C18H14BrCl2NO2. The molecule has 0 N–H and O–H groups in total. The summed E-state index contributed by atoms with van der Waals surface area (Å²) in [6, 6.07) is 5.14. The van der Waals surface area contributed by atoms with Crippen molar-refractivity contribution < 1.29 is 9.59 Å². The average molecular weight is 427 g/mol. The molecule has 0 unspecified atom stereocenters. The zero-order chi connectivity index (χ0) is 17.7. The molecule has 3 nitrogen and oxygen atoms in total. The number of carbonyl (C=O) groups excluding carboxylic acids is 2. The zero-order valence-electron chi connectivity index (χ0n) is 12.9. The number of aliphatic imine (C=N–C) groups is 1. The van der Waals surface area contributed by atoms with Gasteiger partial charge in [-0.15, -0.1) is 0 Å². The first kappa shape index (κ1) is 18.8. The van der Waals surface area contributed by atoms with Crippen LogP contribution in [-0.2, 0) is 9.59 Å². The van der Waals surface area contributed by atoms with Crippen LogP contribution in [0.2, 0.25) is 10.0 Å². The van der Waals surface area contributed by atoms with Crippen molar-refractivity contribution in [3.05, 3.63) is 62.1 Å². The highest BCUT2D eigenvalue weighted by molar-refractivity contribution is 9.11. The number of ketones is 2. The lowest BCUT2D eigenvalue weighted by atomic mass is 10.0. The van der Waals surface area contributed by atoms with Crippen LogP contribution in [0.1, 0.15) is 18.9 Å². The second-order valence-electron chi connectivity index (χ2n) is 4.94. The molecule has 6 heteroatoms. The molecule has 0 spiro atoms. The van der Waals surface area contributed by atoms with Crippen LogP contribution in [0.4, 0.5) is 0 Å². The third kappa shape index (κ3) is 4.53. The molecular weight excluding hydrogens is 413 g/mol. The van der Waals surface area contributed by atoms with Gasteiger partial charge in [-0.2, -0.15) is 0 Å². The number of Topliss-reactive ketones (excluding diaryl/α,β-unsaturated/α-hetero) is 1. The number of rotatable bonds is 4. The Balaban J connectivity index is 2.32. The number of carbonyl (C=O) groups is 2. The normalized spacial score (nSPS) is 17.0. The van der Waals surface area contributed by atoms with E-state index in [9.17, 15) is 9.59 Å². The van der Waals surface area contributed by atoms with Gasteiger partial charge in [0.15, 0.2) is 5.78 Å². The molecule has 0 saturated carbocycles. The number of hydrogen-bond acceptors (Lipinski definition) is 3. The number of allylic oxidation sites excluding steroid dienone is 5. The van der Waals surface area contributed by atoms with Crippen LogP contribution in [0.5, 0.6) is 0 Å². The van der Waals surface area contributed by atoms with Gasteiger partial charge >= 0.3 is 0 Å². The van der Waals surface area contributed by atoms with Crippen LogP contribution in [0.25, 0.3) is 6.08 Å². The molecule has 0 amide bonds.